The molecule has 0 unspecified atom stereocenters. The van der Waals surface area contributed by atoms with Gasteiger partial charge in [0.05, 0.1) is 5.69 Å². The lowest BCUT2D eigenvalue weighted by molar-refractivity contribution is 0.0635. The maximum absolute atomic E-state index is 11.7. The molecule has 0 saturated carbocycles. The molecular weight excluding hydrogens is 254 g/mol. The summed E-state index contributed by atoms with van der Waals surface area (Å²) in [5.41, 5.74) is 1.15. The lowest BCUT2D eigenvalue weighted by Gasteiger charge is -2.19. The smallest absolute Gasteiger partial charge is 0.413 e. The Balaban J connectivity index is 0.000000956. The number of imidazole rings is 1. The van der Waals surface area contributed by atoms with E-state index < -0.39 is 11.7 Å². The predicted octanol–water partition coefficient (Wildman–Crippen LogP) is 4.02. The van der Waals surface area contributed by atoms with Crippen LogP contribution < -0.4 is 5.32 Å². The van der Waals surface area contributed by atoms with Crippen LogP contribution in [0, 0.1) is 6.92 Å². The fourth-order valence-electron chi connectivity index (χ4n) is 1.64. The Labute approximate surface area is 120 Å². The van der Waals surface area contributed by atoms with E-state index in [0.717, 1.165) is 11.3 Å². The molecule has 2 aromatic rings. The van der Waals surface area contributed by atoms with Gasteiger partial charge in [0.15, 0.2) is 5.82 Å². The molecule has 110 valence electrons. The summed E-state index contributed by atoms with van der Waals surface area (Å²) in [4.78, 5) is 16.0. The molecule has 0 atom stereocenters. The SMILES string of the molecule is CC.Cc1c(NC(=O)OC(C)(C)C)nc2ccccn12. The number of anilines is 1. The van der Waals surface area contributed by atoms with E-state index in [9.17, 15) is 4.79 Å². The standard InChI is InChI=1S/C13H17N3O2.C2H6/c1-9-11(15-12(17)18-13(2,3)4)14-10-7-5-6-8-16(9)10;1-2/h5-8H,1-4H3,(H,15,17);1-2H3. The maximum atomic E-state index is 11.7. The van der Waals surface area contributed by atoms with Gasteiger partial charge in [0, 0.05) is 6.20 Å². The molecule has 0 aromatic carbocycles. The van der Waals surface area contributed by atoms with Crippen molar-refractivity contribution < 1.29 is 9.53 Å². The number of hydrogen-bond donors (Lipinski definition) is 1. The van der Waals surface area contributed by atoms with E-state index in [0.29, 0.717) is 5.82 Å². The van der Waals surface area contributed by atoms with E-state index in [1.807, 2.05) is 70.3 Å². The summed E-state index contributed by atoms with van der Waals surface area (Å²) in [7, 11) is 0. The Kier molecular flexibility index (Phi) is 5.13. The molecule has 0 aliphatic carbocycles. The van der Waals surface area contributed by atoms with Gasteiger partial charge in [-0.15, -0.1) is 0 Å². The van der Waals surface area contributed by atoms with Crippen LogP contribution in [-0.2, 0) is 4.74 Å². The highest BCUT2D eigenvalue weighted by atomic mass is 16.6. The number of aryl methyl sites for hydroxylation is 1. The first kappa shape index (κ1) is 16.0. The van der Waals surface area contributed by atoms with Gasteiger partial charge in [-0.2, -0.15) is 0 Å². The fourth-order valence-corrected chi connectivity index (χ4v) is 1.64. The first-order valence-electron chi connectivity index (χ1n) is 6.80. The van der Waals surface area contributed by atoms with Crippen molar-refractivity contribution in [2.24, 2.45) is 0 Å². The topological polar surface area (TPSA) is 55.6 Å². The van der Waals surface area contributed by atoms with Gasteiger partial charge in [0.25, 0.3) is 0 Å². The fraction of sp³-hybridized carbons (Fsp3) is 0.467. The number of pyridine rings is 1. The Hall–Kier alpha value is -2.04. The number of nitrogens with one attached hydrogen (secondary N) is 1. The highest BCUT2D eigenvalue weighted by Gasteiger charge is 2.18. The normalized spacial score (nSPS) is 10.7. The first-order valence-corrected chi connectivity index (χ1v) is 6.80. The van der Waals surface area contributed by atoms with Crippen molar-refractivity contribution in [3.63, 3.8) is 0 Å². The molecule has 1 amide bonds. The van der Waals surface area contributed by atoms with Crippen LogP contribution in [0.1, 0.15) is 40.3 Å². The van der Waals surface area contributed by atoms with Crippen molar-refractivity contribution in [3.05, 3.63) is 30.1 Å². The minimum atomic E-state index is -0.517. The zero-order valence-electron chi connectivity index (χ0n) is 13.0. The van der Waals surface area contributed by atoms with E-state index >= 15 is 0 Å². The number of aromatic nitrogens is 2. The van der Waals surface area contributed by atoms with Crippen LogP contribution in [0.25, 0.3) is 5.65 Å². The largest absolute Gasteiger partial charge is 0.444 e. The van der Waals surface area contributed by atoms with Gasteiger partial charge in [-0.05, 0) is 39.8 Å². The van der Waals surface area contributed by atoms with Gasteiger partial charge >= 0.3 is 6.09 Å². The van der Waals surface area contributed by atoms with E-state index in [1.54, 1.807) is 0 Å². The molecule has 0 spiro atoms. The maximum Gasteiger partial charge on any atom is 0.413 e. The molecule has 2 rings (SSSR count). The summed E-state index contributed by atoms with van der Waals surface area (Å²) in [5, 5.41) is 2.66. The highest BCUT2D eigenvalue weighted by molar-refractivity contribution is 5.85. The number of carbonyl (C=O) groups excluding carboxylic acids is 1. The summed E-state index contributed by atoms with van der Waals surface area (Å²) in [6.07, 6.45) is 1.41. The summed E-state index contributed by atoms with van der Waals surface area (Å²) in [6.45, 7) is 11.4. The van der Waals surface area contributed by atoms with Gasteiger partial charge < -0.3 is 9.14 Å². The van der Waals surface area contributed by atoms with Crippen molar-refractivity contribution >= 4 is 17.6 Å². The summed E-state index contributed by atoms with van der Waals surface area (Å²) in [5.74, 6) is 0.524. The molecule has 20 heavy (non-hydrogen) atoms. The third kappa shape index (κ3) is 3.98. The van der Waals surface area contributed by atoms with E-state index in [4.69, 9.17) is 4.74 Å². The minimum absolute atomic E-state index is 0.492. The molecule has 0 aliphatic heterocycles. The quantitative estimate of drug-likeness (QED) is 0.856. The Morgan fingerprint density at radius 2 is 1.95 bits per heavy atom. The van der Waals surface area contributed by atoms with Crippen LogP contribution in [0.5, 0.6) is 0 Å². The number of carbonyl (C=O) groups is 1. The molecular formula is C15H23N3O2. The van der Waals surface area contributed by atoms with Gasteiger partial charge in [-0.3, -0.25) is 5.32 Å². The van der Waals surface area contributed by atoms with Gasteiger partial charge in [0.1, 0.15) is 11.2 Å². The molecule has 2 aromatic heterocycles. The lowest BCUT2D eigenvalue weighted by atomic mass is 10.2. The van der Waals surface area contributed by atoms with E-state index in [-0.39, 0.29) is 0 Å². The van der Waals surface area contributed by atoms with E-state index in [1.165, 1.54) is 0 Å². The number of nitrogens with zero attached hydrogens (tertiary/aromatic N) is 2. The van der Waals surface area contributed by atoms with Gasteiger partial charge in [-0.25, -0.2) is 9.78 Å². The number of fused-ring (bicyclic) bond motifs is 1. The van der Waals surface area contributed by atoms with Crippen molar-refractivity contribution in [2.75, 3.05) is 5.32 Å². The second kappa shape index (κ2) is 6.41. The third-order valence-corrected chi connectivity index (χ3v) is 2.39. The first-order chi connectivity index (χ1) is 9.37. The van der Waals surface area contributed by atoms with Crippen molar-refractivity contribution in [2.45, 2.75) is 47.1 Å². The second-order valence-electron chi connectivity index (χ2n) is 5.10. The van der Waals surface area contributed by atoms with Gasteiger partial charge in [0.2, 0.25) is 0 Å². The zero-order valence-corrected chi connectivity index (χ0v) is 13.0. The van der Waals surface area contributed by atoms with Crippen LogP contribution in [0.2, 0.25) is 0 Å². The zero-order chi connectivity index (χ0) is 15.3. The summed E-state index contributed by atoms with van der Waals surface area (Å²) >= 11 is 0. The van der Waals surface area contributed by atoms with Gasteiger partial charge in [-0.1, -0.05) is 19.9 Å². The van der Waals surface area contributed by atoms with Crippen LogP contribution in [0.15, 0.2) is 24.4 Å². The van der Waals surface area contributed by atoms with Crippen molar-refractivity contribution in [1.29, 1.82) is 0 Å². The minimum Gasteiger partial charge on any atom is -0.444 e. The molecule has 0 fully saturated rings. The number of rotatable bonds is 1. The average Bonchev–Trinajstić information content (AvgIpc) is 2.67. The molecule has 5 heteroatoms. The molecule has 0 bridgehead atoms. The molecule has 5 nitrogen and oxygen atoms in total. The Morgan fingerprint density at radius 3 is 2.50 bits per heavy atom. The monoisotopic (exact) mass is 277 g/mol. The Morgan fingerprint density at radius 1 is 1.30 bits per heavy atom. The van der Waals surface area contributed by atoms with Crippen LogP contribution in [0.4, 0.5) is 10.6 Å². The Bertz CT molecular complexity index is 582. The molecule has 0 saturated heterocycles. The average molecular weight is 277 g/mol. The molecule has 2 heterocycles. The number of hydrogen-bond acceptors (Lipinski definition) is 3. The number of ether oxygens (including phenoxy) is 1. The van der Waals surface area contributed by atoms with Crippen LogP contribution >= 0.6 is 0 Å². The second-order valence-corrected chi connectivity index (χ2v) is 5.10. The van der Waals surface area contributed by atoms with Crippen molar-refractivity contribution in [1.82, 2.24) is 9.38 Å². The number of amides is 1. The lowest BCUT2D eigenvalue weighted by Crippen LogP contribution is -2.27. The molecule has 0 radical (unpaired) electrons. The summed E-state index contributed by atoms with van der Waals surface area (Å²) in [6, 6.07) is 5.70. The van der Waals surface area contributed by atoms with Crippen LogP contribution in [0.3, 0.4) is 0 Å². The van der Waals surface area contributed by atoms with Crippen LogP contribution in [-0.4, -0.2) is 21.1 Å². The predicted molar refractivity (Wildman–Crippen MR) is 81.1 cm³/mol. The molecule has 0 aliphatic rings. The van der Waals surface area contributed by atoms with E-state index in [2.05, 4.69) is 10.3 Å². The third-order valence-electron chi connectivity index (χ3n) is 2.39. The highest BCUT2D eigenvalue weighted by Crippen LogP contribution is 2.17. The summed E-state index contributed by atoms with van der Waals surface area (Å²) < 4.78 is 7.10. The van der Waals surface area contributed by atoms with Crippen molar-refractivity contribution in [3.8, 4) is 0 Å². The molecule has 1 N–H and O–H groups in total.